The van der Waals surface area contributed by atoms with E-state index in [9.17, 15) is 30.4 Å². The molecule has 0 bridgehead atoms. The molecule has 0 radical (unpaired) electrons. The minimum atomic E-state index is -4.82. The van der Waals surface area contributed by atoms with Crippen LogP contribution in [0.25, 0.3) is 11.3 Å². The van der Waals surface area contributed by atoms with E-state index >= 15 is 0 Å². The molecule has 3 aromatic rings. The summed E-state index contributed by atoms with van der Waals surface area (Å²) >= 11 is 0. The Morgan fingerprint density at radius 1 is 0.931 bits per heavy atom. The van der Waals surface area contributed by atoms with E-state index in [1.165, 1.54) is 19.1 Å². The zero-order chi connectivity index (χ0) is 21.4. The molecule has 29 heavy (non-hydrogen) atoms. The monoisotopic (exact) mass is 429 g/mol. The predicted octanol–water partition coefficient (Wildman–Crippen LogP) is 4.55. The first-order chi connectivity index (χ1) is 13.5. The summed E-state index contributed by atoms with van der Waals surface area (Å²) in [5, 5.41) is -0.678. The van der Waals surface area contributed by atoms with Crippen LogP contribution < -0.4 is 4.72 Å². The highest BCUT2D eigenvalue weighted by molar-refractivity contribution is 7.92. The van der Waals surface area contributed by atoms with E-state index in [1.807, 2.05) is 4.72 Å². The normalized spacial score (nSPS) is 12.1. The van der Waals surface area contributed by atoms with E-state index in [2.05, 4.69) is 9.97 Å². The standard InChI is InChI=1S/C18H12F5N3O2S/c1-10-11(4-2-5-13(10)19)17-12(18(21,22)23)8-9-15(25-17)26-29(27,28)16-7-3-6-14(20)24-16/h2-9H,1H3,(H,25,26). The van der Waals surface area contributed by atoms with Gasteiger partial charge in [0, 0.05) is 5.56 Å². The summed E-state index contributed by atoms with van der Waals surface area (Å²) < 4.78 is 94.0. The third kappa shape index (κ3) is 4.34. The van der Waals surface area contributed by atoms with Crippen LogP contribution >= 0.6 is 0 Å². The fourth-order valence-corrected chi connectivity index (χ4v) is 3.50. The van der Waals surface area contributed by atoms with Gasteiger partial charge in [0.05, 0.1) is 11.3 Å². The minimum absolute atomic E-state index is 0.0858. The highest BCUT2D eigenvalue weighted by Crippen LogP contribution is 2.38. The van der Waals surface area contributed by atoms with Crippen LogP contribution in [0, 0.1) is 18.7 Å². The highest BCUT2D eigenvalue weighted by Gasteiger charge is 2.35. The Hall–Kier alpha value is -3.08. The summed E-state index contributed by atoms with van der Waals surface area (Å²) in [5.41, 5.74) is -2.06. The number of hydrogen-bond acceptors (Lipinski definition) is 4. The van der Waals surface area contributed by atoms with Crippen LogP contribution in [-0.2, 0) is 16.2 Å². The van der Waals surface area contributed by atoms with Gasteiger partial charge in [0.25, 0.3) is 10.0 Å². The zero-order valence-corrected chi connectivity index (χ0v) is 15.4. The average Bonchev–Trinajstić information content (AvgIpc) is 2.63. The Bertz CT molecular complexity index is 1180. The van der Waals surface area contributed by atoms with E-state index < -0.39 is 50.1 Å². The maximum atomic E-state index is 13.9. The Kier molecular flexibility index (Phi) is 5.26. The van der Waals surface area contributed by atoms with E-state index in [0.717, 1.165) is 30.3 Å². The van der Waals surface area contributed by atoms with Crippen molar-refractivity contribution in [3.05, 3.63) is 71.4 Å². The number of rotatable bonds is 4. The molecule has 3 rings (SSSR count). The van der Waals surface area contributed by atoms with E-state index in [4.69, 9.17) is 0 Å². The first kappa shape index (κ1) is 20.6. The number of benzene rings is 1. The van der Waals surface area contributed by atoms with Gasteiger partial charge >= 0.3 is 6.18 Å². The van der Waals surface area contributed by atoms with Gasteiger partial charge in [-0.2, -0.15) is 26.0 Å². The molecule has 0 aliphatic heterocycles. The Morgan fingerprint density at radius 3 is 2.28 bits per heavy atom. The fourth-order valence-electron chi connectivity index (χ4n) is 2.54. The molecule has 5 nitrogen and oxygen atoms in total. The molecule has 0 atom stereocenters. The second-order valence-corrected chi connectivity index (χ2v) is 7.54. The van der Waals surface area contributed by atoms with Crippen molar-refractivity contribution >= 4 is 15.8 Å². The van der Waals surface area contributed by atoms with Gasteiger partial charge in [-0.05, 0) is 42.8 Å². The van der Waals surface area contributed by atoms with Crippen molar-refractivity contribution in [1.82, 2.24) is 9.97 Å². The second kappa shape index (κ2) is 7.39. The number of pyridine rings is 2. The Morgan fingerprint density at radius 2 is 1.62 bits per heavy atom. The average molecular weight is 429 g/mol. The lowest BCUT2D eigenvalue weighted by molar-refractivity contribution is -0.137. The smallest absolute Gasteiger partial charge is 0.262 e. The molecule has 0 spiro atoms. The fraction of sp³-hybridized carbons (Fsp3) is 0.111. The van der Waals surface area contributed by atoms with Crippen LogP contribution in [0.3, 0.4) is 0 Å². The third-order valence-corrected chi connectivity index (χ3v) is 5.18. The number of halogens is 5. The minimum Gasteiger partial charge on any atom is -0.262 e. The maximum Gasteiger partial charge on any atom is 0.418 e. The van der Waals surface area contributed by atoms with Crippen molar-refractivity contribution in [3.63, 3.8) is 0 Å². The molecular formula is C18H12F5N3O2S. The summed E-state index contributed by atoms with van der Waals surface area (Å²) in [6.45, 7) is 1.28. The number of anilines is 1. The van der Waals surface area contributed by atoms with Crippen LogP contribution in [0.4, 0.5) is 27.8 Å². The molecule has 0 fully saturated rings. The molecule has 1 N–H and O–H groups in total. The quantitative estimate of drug-likeness (QED) is 0.488. The van der Waals surface area contributed by atoms with Crippen LogP contribution in [0.15, 0.2) is 53.6 Å². The van der Waals surface area contributed by atoms with Crippen molar-refractivity contribution in [2.24, 2.45) is 0 Å². The number of alkyl halides is 3. The molecule has 2 heterocycles. The molecule has 0 unspecified atom stereocenters. The van der Waals surface area contributed by atoms with Crippen molar-refractivity contribution in [2.45, 2.75) is 18.1 Å². The number of nitrogens with zero attached hydrogens (tertiary/aromatic N) is 2. The van der Waals surface area contributed by atoms with E-state index in [0.29, 0.717) is 6.07 Å². The van der Waals surface area contributed by atoms with Crippen LogP contribution in [0.1, 0.15) is 11.1 Å². The predicted molar refractivity (Wildman–Crippen MR) is 94.4 cm³/mol. The molecule has 0 aliphatic rings. The maximum absolute atomic E-state index is 13.9. The molecular weight excluding hydrogens is 417 g/mol. The van der Waals surface area contributed by atoms with Gasteiger partial charge in [0.2, 0.25) is 5.95 Å². The Labute approximate surface area is 162 Å². The summed E-state index contributed by atoms with van der Waals surface area (Å²) in [4.78, 5) is 6.98. The summed E-state index contributed by atoms with van der Waals surface area (Å²) in [7, 11) is -4.42. The number of hydrogen-bond donors (Lipinski definition) is 1. The lowest BCUT2D eigenvalue weighted by atomic mass is 10.0. The molecule has 152 valence electrons. The van der Waals surface area contributed by atoms with Gasteiger partial charge in [0.1, 0.15) is 11.6 Å². The molecule has 1 aromatic carbocycles. The highest BCUT2D eigenvalue weighted by atomic mass is 32.2. The van der Waals surface area contributed by atoms with Gasteiger partial charge in [0.15, 0.2) is 5.03 Å². The molecule has 0 saturated heterocycles. The lowest BCUT2D eigenvalue weighted by Crippen LogP contribution is -2.17. The SMILES string of the molecule is Cc1c(F)cccc1-c1nc(NS(=O)(=O)c2cccc(F)n2)ccc1C(F)(F)F. The molecule has 11 heteroatoms. The van der Waals surface area contributed by atoms with Gasteiger partial charge < -0.3 is 0 Å². The lowest BCUT2D eigenvalue weighted by Gasteiger charge is -2.16. The number of nitrogens with one attached hydrogen (secondary N) is 1. The number of sulfonamides is 1. The second-order valence-electron chi connectivity index (χ2n) is 5.91. The molecule has 0 saturated carbocycles. The van der Waals surface area contributed by atoms with Crippen molar-refractivity contribution in [1.29, 1.82) is 0 Å². The van der Waals surface area contributed by atoms with Crippen molar-refractivity contribution < 1.29 is 30.4 Å². The van der Waals surface area contributed by atoms with Gasteiger partial charge in [-0.3, -0.25) is 4.72 Å². The van der Waals surface area contributed by atoms with Crippen molar-refractivity contribution in [2.75, 3.05) is 4.72 Å². The molecule has 0 amide bonds. The van der Waals surface area contributed by atoms with Gasteiger partial charge in [-0.15, -0.1) is 0 Å². The summed E-state index contributed by atoms with van der Waals surface area (Å²) in [6.07, 6.45) is -4.82. The van der Waals surface area contributed by atoms with Gasteiger partial charge in [-0.25, -0.2) is 14.4 Å². The molecule has 0 aliphatic carbocycles. The van der Waals surface area contributed by atoms with Crippen molar-refractivity contribution in [3.8, 4) is 11.3 Å². The summed E-state index contributed by atoms with van der Waals surface area (Å²) in [5.74, 6) is -2.26. The first-order valence-electron chi connectivity index (χ1n) is 7.98. The first-order valence-corrected chi connectivity index (χ1v) is 9.46. The Balaban J connectivity index is 2.12. The summed E-state index contributed by atoms with van der Waals surface area (Å²) in [6, 6.07) is 8.01. The topological polar surface area (TPSA) is 72.0 Å². The number of aromatic nitrogens is 2. The van der Waals surface area contributed by atoms with Crippen LogP contribution in [0.5, 0.6) is 0 Å². The zero-order valence-electron chi connectivity index (χ0n) is 14.6. The van der Waals surface area contributed by atoms with Crippen LogP contribution in [-0.4, -0.2) is 18.4 Å². The van der Waals surface area contributed by atoms with E-state index in [1.54, 1.807) is 0 Å². The van der Waals surface area contributed by atoms with E-state index in [-0.39, 0.29) is 11.1 Å². The van der Waals surface area contributed by atoms with Crippen LogP contribution in [0.2, 0.25) is 0 Å². The molecule has 2 aromatic heterocycles. The largest absolute Gasteiger partial charge is 0.418 e. The van der Waals surface area contributed by atoms with Gasteiger partial charge in [-0.1, -0.05) is 18.2 Å². The third-order valence-electron chi connectivity index (χ3n) is 3.93.